The van der Waals surface area contributed by atoms with Crippen LogP contribution in [0.15, 0.2) is 35.1 Å². The number of unbranched alkanes of at least 4 members (excludes halogenated alkanes) is 2. The first-order chi connectivity index (χ1) is 18.2. The molecule has 8 nitrogen and oxygen atoms in total. The smallest absolute Gasteiger partial charge is 0.350 e. The van der Waals surface area contributed by atoms with E-state index in [4.69, 9.17) is 24.2 Å². The molecule has 2 aromatic carbocycles. The lowest BCUT2D eigenvalue weighted by Crippen LogP contribution is -2.55. The molecule has 0 aliphatic carbocycles. The molecule has 204 valence electrons. The highest BCUT2D eigenvalue weighted by atomic mass is 35.5. The van der Waals surface area contributed by atoms with Crippen LogP contribution in [0.1, 0.15) is 68.7 Å². The molecule has 1 N–H and O–H groups in total. The largest absolute Gasteiger partial charge is 0.388 e. The molecule has 0 radical (unpaired) electrons. The molecule has 1 unspecified atom stereocenters. The Morgan fingerprint density at radius 3 is 2.50 bits per heavy atom. The van der Waals surface area contributed by atoms with Crippen molar-refractivity contribution in [2.75, 3.05) is 9.80 Å². The Hall–Kier alpha value is -2.82. The Morgan fingerprint density at radius 1 is 1.16 bits per heavy atom. The molecule has 2 heterocycles. The van der Waals surface area contributed by atoms with Crippen LogP contribution in [-0.4, -0.2) is 36.9 Å². The fourth-order valence-electron chi connectivity index (χ4n) is 4.97. The Bertz CT molecular complexity index is 1410. The van der Waals surface area contributed by atoms with Crippen molar-refractivity contribution in [2.45, 2.75) is 78.1 Å². The number of hydrogen-bond acceptors (Lipinski definition) is 6. The maximum Gasteiger partial charge on any atom is 0.350 e. The number of anilines is 2. The van der Waals surface area contributed by atoms with E-state index in [1.807, 2.05) is 30.9 Å². The molecular formula is C27H33ClFN5O3S. The first-order valence-corrected chi connectivity index (χ1v) is 13.8. The molecule has 1 aliphatic heterocycles. The molecule has 0 saturated carbocycles. The van der Waals surface area contributed by atoms with Crippen LogP contribution in [0.25, 0.3) is 5.69 Å². The number of nitrogens with zero attached hydrogens (tertiary/aromatic N) is 5. The molecule has 0 saturated heterocycles. The number of thiol groups is 1. The molecule has 11 heteroatoms. The summed E-state index contributed by atoms with van der Waals surface area (Å²) in [5.41, 5.74) is 0.635. The van der Waals surface area contributed by atoms with Crippen molar-refractivity contribution >= 4 is 41.5 Å². The van der Waals surface area contributed by atoms with Gasteiger partial charge in [-0.15, -0.1) is 17.7 Å². The number of amides is 1. The summed E-state index contributed by atoms with van der Waals surface area (Å²) in [6, 6.07) is 8.00. The van der Waals surface area contributed by atoms with E-state index in [1.165, 1.54) is 15.5 Å². The topological polar surface area (TPSA) is 83.6 Å². The molecule has 1 atom stereocenters. The number of aryl methyl sites for hydroxylation is 1. The summed E-state index contributed by atoms with van der Waals surface area (Å²) in [4.78, 5) is 30.3. The fraction of sp³-hybridized carbons (Fsp3) is 0.444. The van der Waals surface area contributed by atoms with Gasteiger partial charge in [0.2, 0.25) is 0 Å². The Labute approximate surface area is 232 Å². The second-order valence-corrected chi connectivity index (χ2v) is 10.4. The number of carbonyl (C=O) groups excluding carboxylic acids is 1. The predicted molar refractivity (Wildman–Crippen MR) is 151 cm³/mol. The maximum atomic E-state index is 15.6. The third kappa shape index (κ3) is 4.85. The number of fused-ring (bicyclic) bond motifs is 1. The SMILES string of the molecule is CCCCCc1cccc(Cl)c1N1C(=O)c2cc(F)c(-n3nc(CO)n(CC)c3=O)cc2N(C(C)C)C1S. The van der Waals surface area contributed by atoms with E-state index in [0.29, 0.717) is 16.4 Å². The van der Waals surface area contributed by atoms with Gasteiger partial charge in [0.1, 0.15) is 18.1 Å². The second-order valence-electron chi connectivity index (χ2n) is 9.56. The van der Waals surface area contributed by atoms with Gasteiger partial charge < -0.3 is 10.0 Å². The standard InChI is InChI=1S/C27H33ClFN5O3S/c1-5-7-8-10-17-11-9-12-19(28)24(17)33-25(36)18-13-20(29)22(14-21(18)32(16(3)4)27(33)38)34-26(37)31(6-2)23(15-35)30-34/h9,11-14,16,27,35,38H,5-8,10,15H2,1-4H3. The van der Waals surface area contributed by atoms with Crippen molar-refractivity contribution in [3.05, 3.63) is 68.6 Å². The minimum atomic E-state index is -0.784. The van der Waals surface area contributed by atoms with E-state index in [2.05, 4.69) is 12.0 Å². The quantitative estimate of drug-likeness (QED) is 0.278. The second kappa shape index (κ2) is 11.5. The van der Waals surface area contributed by atoms with Crippen LogP contribution in [-0.2, 0) is 19.6 Å². The van der Waals surface area contributed by atoms with Gasteiger partial charge in [-0.05, 0) is 57.4 Å². The van der Waals surface area contributed by atoms with Crippen LogP contribution in [0.5, 0.6) is 0 Å². The van der Waals surface area contributed by atoms with Crippen LogP contribution >= 0.6 is 24.2 Å². The third-order valence-corrected chi connectivity index (χ3v) is 7.60. The zero-order valence-electron chi connectivity index (χ0n) is 22.0. The zero-order chi connectivity index (χ0) is 27.7. The summed E-state index contributed by atoms with van der Waals surface area (Å²) in [6.45, 7) is 7.55. The molecule has 0 spiro atoms. The average molecular weight is 562 g/mol. The number of aromatic nitrogens is 3. The number of benzene rings is 2. The highest BCUT2D eigenvalue weighted by Crippen LogP contribution is 2.42. The molecule has 1 amide bonds. The average Bonchev–Trinajstić information content (AvgIpc) is 3.20. The number of rotatable bonds is 9. The van der Waals surface area contributed by atoms with Crippen LogP contribution in [0.2, 0.25) is 5.02 Å². The summed E-state index contributed by atoms with van der Waals surface area (Å²) in [5.74, 6) is -1.10. The molecule has 38 heavy (non-hydrogen) atoms. The van der Waals surface area contributed by atoms with Crippen molar-refractivity contribution in [3.63, 3.8) is 0 Å². The number of aliphatic hydroxyl groups is 1. The number of hydrogen-bond donors (Lipinski definition) is 2. The first-order valence-electron chi connectivity index (χ1n) is 12.9. The van der Waals surface area contributed by atoms with Gasteiger partial charge in [0.25, 0.3) is 5.91 Å². The minimum Gasteiger partial charge on any atom is -0.388 e. The number of aliphatic hydroxyl groups excluding tert-OH is 1. The van der Waals surface area contributed by atoms with Crippen molar-refractivity contribution < 1.29 is 14.3 Å². The van der Waals surface area contributed by atoms with E-state index >= 15 is 4.39 Å². The Kier molecular flexibility index (Phi) is 8.54. The summed E-state index contributed by atoms with van der Waals surface area (Å²) in [6.07, 6.45) is 3.79. The summed E-state index contributed by atoms with van der Waals surface area (Å²) in [7, 11) is 0. The van der Waals surface area contributed by atoms with Crippen LogP contribution in [0.4, 0.5) is 15.8 Å². The van der Waals surface area contributed by atoms with Gasteiger partial charge in [-0.3, -0.25) is 14.3 Å². The molecule has 1 aromatic heterocycles. The summed E-state index contributed by atoms with van der Waals surface area (Å²) in [5, 5.41) is 14.2. The van der Waals surface area contributed by atoms with E-state index in [-0.39, 0.29) is 29.7 Å². The lowest BCUT2D eigenvalue weighted by molar-refractivity contribution is 0.0977. The van der Waals surface area contributed by atoms with E-state index in [1.54, 1.807) is 13.0 Å². The van der Waals surface area contributed by atoms with Crippen molar-refractivity contribution in [1.82, 2.24) is 14.3 Å². The summed E-state index contributed by atoms with van der Waals surface area (Å²) >= 11 is 11.5. The number of para-hydroxylation sites is 1. The molecule has 0 bridgehead atoms. The van der Waals surface area contributed by atoms with E-state index in [0.717, 1.165) is 42.0 Å². The van der Waals surface area contributed by atoms with Crippen LogP contribution < -0.4 is 15.5 Å². The van der Waals surface area contributed by atoms with Crippen LogP contribution in [0.3, 0.4) is 0 Å². The van der Waals surface area contributed by atoms with Crippen molar-refractivity contribution in [3.8, 4) is 5.69 Å². The highest BCUT2D eigenvalue weighted by molar-refractivity contribution is 7.81. The van der Waals surface area contributed by atoms with Crippen LogP contribution in [0, 0.1) is 5.82 Å². The highest BCUT2D eigenvalue weighted by Gasteiger charge is 2.40. The number of carbonyl (C=O) groups is 1. The number of halogens is 2. The molecule has 3 aromatic rings. The monoisotopic (exact) mass is 561 g/mol. The summed E-state index contributed by atoms with van der Waals surface area (Å²) < 4.78 is 17.8. The lowest BCUT2D eigenvalue weighted by Gasteiger charge is -2.46. The van der Waals surface area contributed by atoms with Gasteiger partial charge in [0.15, 0.2) is 11.3 Å². The van der Waals surface area contributed by atoms with Gasteiger partial charge in [0.05, 0.1) is 22.0 Å². The molecule has 4 rings (SSSR count). The van der Waals surface area contributed by atoms with Crippen molar-refractivity contribution in [2.24, 2.45) is 0 Å². The first kappa shape index (κ1) is 28.2. The molecular weight excluding hydrogens is 529 g/mol. The lowest BCUT2D eigenvalue weighted by atomic mass is 10.0. The fourth-order valence-corrected chi connectivity index (χ4v) is 5.87. The minimum absolute atomic E-state index is 0.110. The van der Waals surface area contributed by atoms with Gasteiger partial charge in [0, 0.05) is 12.6 Å². The van der Waals surface area contributed by atoms with Gasteiger partial charge in [-0.2, -0.15) is 4.68 Å². The van der Waals surface area contributed by atoms with Crippen molar-refractivity contribution in [1.29, 1.82) is 0 Å². The molecule has 1 aliphatic rings. The molecule has 0 fully saturated rings. The maximum absolute atomic E-state index is 15.6. The zero-order valence-corrected chi connectivity index (χ0v) is 23.6. The van der Waals surface area contributed by atoms with Gasteiger partial charge in [-0.1, -0.05) is 43.5 Å². The Balaban J connectivity index is 1.89. The Morgan fingerprint density at radius 2 is 1.89 bits per heavy atom. The van der Waals surface area contributed by atoms with Gasteiger partial charge >= 0.3 is 5.69 Å². The third-order valence-electron chi connectivity index (χ3n) is 6.81. The van der Waals surface area contributed by atoms with E-state index in [9.17, 15) is 14.7 Å². The van der Waals surface area contributed by atoms with Gasteiger partial charge in [-0.25, -0.2) is 9.18 Å². The normalized spacial score (nSPS) is 15.5. The van der Waals surface area contributed by atoms with E-state index < -0.39 is 29.5 Å². The predicted octanol–water partition coefficient (Wildman–Crippen LogP) is 5.16.